The van der Waals surface area contributed by atoms with Crippen molar-refractivity contribution in [3.8, 4) is 17.2 Å². The first-order valence-electron chi connectivity index (χ1n) is 15.7. The normalized spacial score (nSPS) is 18.2. The van der Waals surface area contributed by atoms with E-state index < -0.39 is 5.97 Å². The number of rotatable bonds is 15. The highest BCUT2D eigenvalue weighted by Gasteiger charge is 2.34. The number of hydrogen-bond acceptors (Lipinski definition) is 3. The van der Waals surface area contributed by atoms with Gasteiger partial charge in [-0.1, -0.05) is 72.6 Å². The topological polar surface area (TPSA) is 55.8 Å². The van der Waals surface area contributed by atoms with Crippen LogP contribution in [0.5, 0.6) is 17.2 Å². The number of fused-ring (bicyclic) bond motifs is 1. The van der Waals surface area contributed by atoms with E-state index in [4.69, 9.17) is 9.47 Å². The van der Waals surface area contributed by atoms with E-state index >= 15 is 0 Å². The summed E-state index contributed by atoms with van der Waals surface area (Å²) in [4.78, 5) is 11.2. The quantitative estimate of drug-likeness (QED) is 0.240. The van der Waals surface area contributed by atoms with Crippen LogP contribution in [0.15, 0.2) is 24.3 Å². The highest BCUT2D eigenvalue weighted by atomic mass is 16.5. The minimum Gasteiger partial charge on any atom is -0.487 e. The van der Waals surface area contributed by atoms with E-state index in [1.165, 1.54) is 56.9 Å². The Morgan fingerprint density at radius 1 is 0.875 bits per heavy atom. The highest BCUT2D eigenvalue weighted by molar-refractivity contribution is 5.87. The molecule has 1 heterocycles. The first kappa shape index (κ1) is 32.0. The van der Waals surface area contributed by atoms with Gasteiger partial charge in [0.05, 0.1) is 5.56 Å². The molecule has 3 rings (SSSR count). The van der Waals surface area contributed by atoms with Crippen molar-refractivity contribution in [2.75, 3.05) is 0 Å². The summed E-state index contributed by atoms with van der Waals surface area (Å²) >= 11 is 0. The van der Waals surface area contributed by atoms with Gasteiger partial charge in [0.25, 0.3) is 0 Å². The third kappa shape index (κ3) is 8.75. The van der Waals surface area contributed by atoms with Crippen molar-refractivity contribution < 1.29 is 19.4 Å². The van der Waals surface area contributed by atoms with Crippen LogP contribution >= 0.6 is 0 Å². The van der Waals surface area contributed by atoms with Crippen LogP contribution < -0.4 is 9.47 Å². The maximum absolute atomic E-state index is 11.2. The van der Waals surface area contributed by atoms with E-state index in [1.54, 1.807) is 24.3 Å². The number of hydrogen-bond donors (Lipinski definition) is 1. The molecule has 3 unspecified atom stereocenters. The average Bonchev–Trinajstić information content (AvgIpc) is 2.89. The van der Waals surface area contributed by atoms with Crippen LogP contribution in [0.25, 0.3) is 0 Å². The van der Waals surface area contributed by atoms with E-state index in [0.29, 0.717) is 5.75 Å². The summed E-state index contributed by atoms with van der Waals surface area (Å²) in [5.41, 5.74) is 4.71. The molecule has 2 aromatic carbocycles. The van der Waals surface area contributed by atoms with Gasteiger partial charge in [0.15, 0.2) is 0 Å². The fraction of sp³-hybridized carbons (Fsp3) is 0.639. The Kier molecular flexibility index (Phi) is 11.5. The predicted octanol–water partition coefficient (Wildman–Crippen LogP) is 10.6. The summed E-state index contributed by atoms with van der Waals surface area (Å²) in [7, 11) is 0. The zero-order valence-electron chi connectivity index (χ0n) is 26.5. The Balaban J connectivity index is 1.53. The minimum atomic E-state index is -0.935. The van der Waals surface area contributed by atoms with Crippen LogP contribution in [0, 0.1) is 38.5 Å². The van der Waals surface area contributed by atoms with Gasteiger partial charge in [-0.05, 0) is 112 Å². The molecule has 4 nitrogen and oxygen atoms in total. The lowest BCUT2D eigenvalue weighted by Gasteiger charge is -2.38. The molecular weight excluding hydrogens is 496 g/mol. The molecule has 0 bridgehead atoms. The zero-order valence-corrected chi connectivity index (χ0v) is 26.5. The molecule has 40 heavy (non-hydrogen) atoms. The van der Waals surface area contributed by atoms with Gasteiger partial charge in [-0.2, -0.15) is 0 Å². The molecule has 2 aromatic rings. The second-order valence-corrected chi connectivity index (χ2v) is 13.4. The van der Waals surface area contributed by atoms with Crippen molar-refractivity contribution in [3.63, 3.8) is 0 Å². The third-order valence-electron chi connectivity index (χ3n) is 9.16. The number of carboxylic acid groups (broad SMARTS) is 1. The van der Waals surface area contributed by atoms with E-state index in [2.05, 4.69) is 55.4 Å². The second kappa shape index (κ2) is 14.4. The lowest BCUT2D eigenvalue weighted by Crippen LogP contribution is -2.37. The van der Waals surface area contributed by atoms with Crippen molar-refractivity contribution >= 4 is 5.97 Å². The molecule has 0 amide bonds. The molecule has 1 aliphatic heterocycles. The van der Waals surface area contributed by atoms with E-state index in [-0.39, 0.29) is 11.2 Å². The largest absolute Gasteiger partial charge is 0.487 e. The molecule has 3 atom stereocenters. The Morgan fingerprint density at radius 2 is 1.45 bits per heavy atom. The molecule has 222 valence electrons. The van der Waals surface area contributed by atoms with Gasteiger partial charge >= 0.3 is 5.97 Å². The maximum atomic E-state index is 11.2. The molecule has 0 spiro atoms. The van der Waals surface area contributed by atoms with Crippen LogP contribution in [0.3, 0.4) is 0 Å². The van der Waals surface area contributed by atoms with Gasteiger partial charge in [-0.25, -0.2) is 4.79 Å². The van der Waals surface area contributed by atoms with E-state index in [9.17, 15) is 9.90 Å². The van der Waals surface area contributed by atoms with Gasteiger partial charge in [0, 0.05) is 5.56 Å². The van der Waals surface area contributed by atoms with Gasteiger partial charge in [0.1, 0.15) is 22.8 Å². The lowest BCUT2D eigenvalue weighted by atomic mass is 9.83. The molecule has 0 fully saturated rings. The molecule has 1 N–H and O–H groups in total. The molecule has 1 aliphatic rings. The SMILES string of the molecule is Cc1c(C)c2c(c(C)c1Oc1ccc(C(=O)O)cc1)CCC(C)(CCCC(C)CCCC(C)CCCC(C)C)O2. The number of benzene rings is 2. The molecule has 0 saturated carbocycles. The molecule has 0 aliphatic carbocycles. The van der Waals surface area contributed by atoms with Crippen molar-refractivity contribution in [3.05, 3.63) is 52.1 Å². The summed E-state index contributed by atoms with van der Waals surface area (Å²) in [6, 6.07) is 6.61. The minimum absolute atomic E-state index is 0.129. The van der Waals surface area contributed by atoms with Crippen molar-refractivity contribution in [2.45, 2.75) is 132 Å². The standard InChI is InChI=1S/C36H54O4/c1-24(2)12-9-13-25(3)14-10-15-26(4)16-11-22-36(8)23-21-32-29(7)33(27(5)28(6)34(32)40-36)39-31-19-17-30(18-20-31)35(37)38/h17-20,24-26H,9-16,21-23H2,1-8H3,(H,37,38). The number of carbonyl (C=O) groups is 1. The number of carboxylic acids is 1. The lowest BCUT2D eigenvalue weighted by molar-refractivity contribution is 0.0512. The van der Waals surface area contributed by atoms with Crippen molar-refractivity contribution in [1.29, 1.82) is 0 Å². The van der Waals surface area contributed by atoms with Crippen molar-refractivity contribution in [2.24, 2.45) is 17.8 Å². The van der Waals surface area contributed by atoms with Gasteiger partial charge in [-0.3, -0.25) is 0 Å². The smallest absolute Gasteiger partial charge is 0.335 e. The van der Waals surface area contributed by atoms with Gasteiger partial charge < -0.3 is 14.6 Å². The Morgan fingerprint density at radius 3 is 2.02 bits per heavy atom. The summed E-state index contributed by atoms with van der Waals surface area (Å²) in [6.07, 6.45) is 13.8. The first-order chi connectivity index (χ1) is 18.9. The third-order valence-corrected chi connectivity index (χ3v) is 9.16. The number of aromatic carboxylic acids is 1. The van der Waals surface area contributed by atoms with E-state index in [0.717, 1.165) is 65.2 Å². The fourth-order valence-corrected chi connectivity index (χ4v) is 6.20. The van der Waals surface area contributed by atoms with Crippen molar-refractivity contribution in [1.82, 2.24) is 0 Å². The monoisotopic (exact) mass is 550 g/mol. The highest BCUT2D eigenvalue weighted by Crippen LogP contribution is 2.46. The molecule has 0 radical (unpaired) electrons. The predicted molar refractivity (Wildman–Crippen MR) is 166 cm³/mol. The maximum Gasteiger partial charge on any atom is 0.335 e. The van der Waals surface area contributed by atoms with Gasteiger partial charge in [0.2, 0.25) is 0 Å². The zero-order chi connectivity index (χ0) is 29.4. The molecule has 4 heteroatoms. The summed E-state index contributed by atoms with van der Waals surface area (Å²) in [5.74, 6) is 4.07. The Labute approximate surface area is 243 Å². The Hall–Kier alpha value is -2.49. The van der Waals surface area contributed by atoms with E-state index in [1.807, 2.05) is 0 Å². The van der Waals surface area contributed by atoms with Crippen LogP contribution in [0.4, 0.5) is 0 Å². The fourth-order valence-electron chi connectivity index (χ4n) is 6.20. The van der Waals surface area contributed by atoms with Crippen LogP contribution in [-0.4, -0.2) is 16.7 Å². The molecular formula is C36H54O4. The molecule has 0 saturated heterocycles. The summed E-state index contributed by atoms with van der Waals surface area (Å²) in [5, 5.41) is 9.18. The summed E-state index contributed by atoms with van der Waals surface area (Å²) in [6.45, 7) is 18.1. The first-order valence-corrected chi connectivity index (χ1v) is 15.7. The van der Waals surface area contributed by atoms with Crippen LogP contribution in [0.2, 0.25) is 0 Å². The second-order valence-electron chi connectivity index (χ2n) is 13.4. The number of ether oxygens (including phenoxy) is 2. The van der Waals surface area contributed by atoms with Gasteiger partial charge in [-0.15, -0.1) is 0 Å². The van der Waals surface area contributed by atoms with Crippen LogP contribution in [0.1, 0.15) is 131 Å². The average molecular weight is 551 g/mol. The van der Waals surface area contributed by atoms with Crippen LogP contribution in [-0.2, 0) is 6.42 Å². The summed E-state index contributed by atoms with van der Waals surface area (Å²) < 4.78 is 13.1. The molecule has 0 aromatic heterocycles. The Bertz CT molecular complexity index is 1120.